The van der Waals surface area contributed by atoms with Gasteiger partial charge in [0.1, 0.15) is 0 Å². The maximum atomic E-state index is 10.1. The van der Waals surface area contributed by atoms with Crippen molar-refractivity contribution in [1.29, 1.82) is 0 Å². The largest absolute Gasteiger partial charge is 0.417 e. The highest BCUT2D eigenvalue weighted by atomic mass is 35.5. The van der Waals surface area contributed by atoms with E-state index in [-0.39, 0.29) is 5.04 Å². The monoisotopic (exact) mass is 328 g/mol. The Bertz CT molecular complexity index is 441. The van der Waals surface area contributed by atoms with Crippen molar-refractivity contribution < 1.29 is 9.53 Å². The van der Waals surface area contributed by atoms with Crippen molar-refractivity contribution in [2.75, 3.05) is 6.61 Å². The predicted octanol–water partition coefficient (Wildman–Crippen LogP) is 5.57. The number of benzene rings is 1. The van der Waals surface area contributed by atoms with Gasteiger partial charge in [-0.25, -0.2) is 0 Å². The fourth-order valence-electron chi connectivity index (χ4n) is 1.86. The number of unbranched alkanes of at least 4 members (excludes halogenated alkanes) is 1. The zero-order valence-corrected chi connectivity index (χ0v) is 15.7. The second-order valence-corrected chi connectivity index (χ2v) is 12.4. The molecule has 1 N–H and O–H groups in total. The van der Waals surface area contributed by atoms with Crippen LogP contribution in [0, 0.1) is 0 Å². The summed E-state index contributed by atoms with van der Waals surface area (Å²) in [5.74, 6) is 0. The van der Waals surface area contributed by atoms with Crippen LogP contribution in [0.5, 0.6) is 0 Å². The third kappa shape index (κ3) is 6.11. The highest BCUT2D eigenvalue weighted by Gasteiger charge is 2.36. The maximum absolute atomic E-state index is 10.1. The Morgan fingerprint density at radius 3 is 2.48 bits per heavy atom. The topological polar surface area (TPSA) is 29.5 Å². The van der Waals surface area contributed by atoms with Gasteiger partial charge in [-0.05, 0) is 55.1 Å². The minimum Gasteiger partial charge on any atom is -0.417 e. The zero-order valence-electron chi connectivity index (χ0n) is 13.9. The van der Waals surface area contributed by atoms with Crippen LogP contribution in [0.15, 0.2) is 24.3 Å². The summed E-state index contributed by atoms with van der Waals surface area (Å²) in [6.07, 6.45) is 2.27. The molecule has 1 aromatic rings. The molecule has 21 heavy (non-hydrogen) atoms. The molecule has 0 amide bonds. The van der Waals surface area contributed by atoms with E-state index in [9.17, 15) is 5.11 Å². The van der Waals surface area contributed by atoms with Gasteiger partial charge in [-0.15, -0.1) is 0 Å². The first-order valence-electron chi connectivity index (χ1n) is 7.71. The highest BCUT2D eigenvalue weighted by Crippen LogP contribution is 2.36. The van der Waals surface area contributed by atoms with Gasteiger partial charge in [0, 0.05) is 11.6 Å². The van der Waals surface area contributed by atoms with Gasteiger partial charge in [-0.3, -0.25) is 0 Å². The predicted molar refractivity (Wildman–Crippen MR) is 93.4 cm³/mol. The van der Waals surface area contributed by atoms with E-state index >= 15 is 0 Å². The molecule has 1 rings (SSSR count). The molecule has 1 atom stereocenters. The van der Waals surface area contributed by atoms with Gasteiger partial charge in [-0.1, -0.05) is 44.5 Å². The van der Waals surface area contributed by atoms with Gasteiger partial charge < -0.3 is 9.53 Å². The molecule has 0 saturated heterocycles. The van der Waals surface area contributed by atoms with Crippen molar-refractivity contribution >= 4 is 19.9 Å². The third-order valence-electron chi connectivity index (χ3n) is 4.37. The molecule has 1 unspecified atom stereocenters. The standard InChI is InChI=1S/C17H29ClO2Si/c1-17(2,3)21(4,5)20-12-7-6-11-16(19)14-9-8-10-15(18)13-14/h8-10,13,16,19H,6-7,11-12H2,1-5H3. The van der Waals surface area contributed by atoms with E-state index in [1.165, 1.54) is 0 Å². The molecule has 0 radical (unpaired) electrons. The summed E-state index contributed by atoms with van der Waals surface area (Å²) in [5.41, 5.74) is 0.896. The smallest absolute Gasteiger partial charge is 0.191 e. The van der Waals surface area contributed by atoms with E-state index < -0.39 is 14.4 Å². The lowest BCUT2D eigenvalue weighted by atomic mass is 10.0. The van der Waals surface area contributed by atoms with Crippen LogP contribution >= 0.6 is 11.6 Å². The average molecular weight is 329 g/mol. The molecule has 0 aliphatic rings. The number of rotatable bonds is 7. The third-order valence-corrected chi connectivity index (χ3v) is 9.15. The second kappa shape index (κ2) is 7.77. The fourth-order valence-corrected chi connectivity index (χ4v) is 3.15. The number of halogens is 1. The molecule has 0 heterocycles. The van der Waals surface area contributed by atoms with Gasteiger partial charge >= 0.3 is 0 Å². The minimum atomic E-state index is -1.63. The van der Waals surface area contributed by atoms with E-state index in [1.54, 1.807) is 0 Å². The second-order valence-electron chi connectivity index (χ2n) is 7.18. The lowest BCUT2D eigenvalue weighted by Crippen LogP contribution is -2.40. The molecule has 4 heteroatoms. The Balaban J connectivity index is 2.29. The Labute approximate surface area is 135 Å². The molecule has 0 fully saturated rings. The first kappa shape index (κ1) is 18.7. The molecule has 120 valence electrons. The van der Waals surface area contributed by atoms with Crippen molar-refractivity contribution in [3.8, 4) is 0 Å². The summed E-state index contributed by atoms with van der Waals surface area (Å²) in [6.45, 7) is 12.1. The summed E-state index contributed by atoms with van der Waals surface area (Å²) >= 11 is 5.94. The first-order chi connectivity index (χ1) is 9.63. The quantitative estimate of drug-likeness (QED) is 0.524. The summed E-state index contributed by atoms with van der Waals surface area (Å²) in [6, 6.07) is 7.45. The highest BCUT2D eigenvalue weighted by molar-refractivity contribution is 6.74. The van der Waals surface area contributed by atoms with Gasteiger partial charge in [0.25, 0.3) is 0 Å². The molecule has 0 bridgehead atoms. The fraction of sp³-hybridized carbons (Fsp3) is 0.647. The number of hydrogen-bond donors (Lipinski definition) is 1. The van der Waals surface area contributed by atoms with Crippen molar-refractivity contribution in [1.82, 2.24) is 0 Å². The molecular formula is C17H29ClO2Si. The minimum absolute atomic E-state index is 0.257. The Morgan fingerprint density at radius 1 is 1.24 bits per heavy atom. The van der Waals surface area contributed by atoms with Crippen LogP contribution in [-0.4, -0.2) is 20.0 Å². The molecule has 0 aliphatic carbocycles. The number of aliphatic hydroxyl groups excluding tert-OH is 1. The molecule has 1 aromatic carbocycles. The molecule has 0 saturated carbocycles. The van der Waals surface area contributed by atoms with Crippen LogP contribution in [-0.2, 0) is 4.43 Å². The van der Waals surface area contributed by atoms with Gasteiger partial charge in [0.05, 0.1) is 6.10 Å². The van der Waals surface area contributed by atoms with Gasteiger partial charge in [-0.2, -0.15) is 0 Å². The maximum Gasteiger partial charge on any atom is 0.191 e. The summed E-state index contributed by atoms with van der Waals surface area (Å²) in [4.78, 5) is 0. The average Bonchev–Trinajstić information content (AvgIpc) is 2.36. The molecule has 2 nitrogen and oxygen atoms in total. The zero-order chi connectivity index (χ0) is 16.1. The van der Waals surface area contributed by atoms with E-state index in [0.717, 1.165) is 31.4 Å². The Hall–Kier alpha value is -0.353. The summed E-state index contributed by atoms with van der Waals surface area (Å²) < 4.78 is 6.14. The van der Waals surface area contributed by atoms with Crippen LogP contribution in [0.4, 0.5) is 0 Å². The molecule has 0 aromatic heterocycles. The Kier molecular flexibility index (Phi) is 6.92. The molecule has 0 aliphatic heterocycles. The van der Waals surface area contributed by atoms with E-state index in [4.69, 9.17) is 16.0 Å². The Morgan fingerprint density at radius 2 is 1.90 bits per heavy atom. The van der Waals surface area contributed by atoms with Crippen molar-refractivity contribution in [2.24, 2.45) is 0 Å². The molecule has 0 spiro atoms. The summed E-state index contributed by atoms with van der Waals surface area (Å²) in [7, 11) is -1.63. The van der Waals surface area contributed by atoms with Gasteiger partial charge in [0.15, 0.2) is 8.32 Å². The number of aliphatic hydroxyl groups is 1. The van der Waals surface area contributed by atoms with Crippen molar-refractivity contribution in [3.05, 3.63) is 34.9 Å². The number of hydrogen-bond acceptors (Lipinski definition) is 2. The van der Waals surface area contributed by atoms with E-state index in [1.807, 2.05) is 24.3 Å². The van der Waals surface area contributed by atoms with E-state index in [0.29, 0.717) is 5.02 Å². The molecular weight excluding hydrogens is 300 g/mol. The van der Waals surface area contributed by atoms with Crippen LogP contribution < -0.4 is 0 Å². The van der Waals surface area contributed by atoms with Crippen LogP contribution in [0.25, 0.3) is 0 Å². The van der Waals surface area contributed by atoms with Crippen LogP contribution in [0.1, 0.15) is 51.7 Å². The van der Waals surface area contributed by atoms with Crippen molar-refractivity contribution in [2.45, 2.75) is 64.3 Å². The SMILES string of the molecule is CC(C)(C)[Si](C)(C)OCCCCC(O)c1cccc(Cl)c1. The summed E-state index contributed by atoms with van der Waals surface area (Å²) in [5, 5.41) is 11.1. The van der Waals surface area contributed by atoms with Crippen LogP contribution in [0.3, 0.4) is 0 Å². The lowest BCUT2D eigenvalue weighted by Gasteiger charge is -2.36. The first-order valence-corrected chi connectivity index (χ1v) is 11.0. The normalized spacial score (nSPS) is 14.2. The lowest BCUT2D eigenvalue weighted by molar-refractivity contribution is 0.160. The van der Waals surface area contributed by atoms with Crippen LogP contribution in [0.2, 0.25) is 23.2 Å². The van der Waals surface area contributed by atoms with Crippen molar-refractivity contribution in [3.63, 3.8) is 0 Å². The van der Waals surface area contributed by atoms with E-state index in [2.05, 4.69) is 33.9 Å². The van der Waals surface area contributed by atoms with Gasteiger partial charge in [0.2, 0.25) is 0 Å².